The Balaban J connectivity index is 1.52. The lowest BCUT2D eigenvalue weighted by Gasteiger charge is -2.17. The summed E-state index contributed by atoms with van der Waals surface area (Å²) in [5.74, 6) is 0. The number of rotatable bonds is 4. The monoisotopic (exact) mass is 474 g/mol. The SMILES string of the molecule is Cc1cc(-n2c(-c3ccccc3)cc3ccccc32)cc(-n2c(-c3ccccc3)cc3ccccc32)c1. The van der Waals surface area contributed by atoms with Crippen LogP contribution in [0.4, 0.5) is 0 Å². The molecular formula is C35H26N2. The third-order valence-electron chi connectivity index (χ3n) is 7.12. The molecule has 0 aliphatic rings. The molecule has 0 amide bonds. The zero-order valence-electron chi connectivity index (χ0n) is 20.7. The van der Waals surface area contributed by atoms with E-state index in [-0.39, 0.29) is 0 Å². The second-order valence-corrected chi connectivity index (χ2v) is 9.61. The Morgan fingerprint density at radius 1 is 0.405 bits per heavy atom. The molecule has 0 saturated carbocycles. The van der Waals surface area contributed by atoms with Crippen LogP contribution in [0.15, 0.2) is 140 Å². The molecule has 0 aliphatic heterocycles. The predicted octanol–water partition coefficient (Wildman–Crippen LogP) is 9.22. The van der Waals surface area contributed by atoms with E-state index < -0.39 is 0 Å². The van der Waals surface area contributed by atoms with Gasteiger partial charge < -0.3 is 9.13 Å². The van der Waals surface area contributed by atoms with Gasteiger partial charge in [-0.25, -0.2) is 0 Å². The van der Waals surface area contributed by atoms with Crippen LogP contribution in [0.1, 0.15) is 5.56 Å². The lowest BCUT2D eigenvalue weighted by molar-refractivity contribution is 1.08. The van der Waals surface area contributed by atoms with Gasteiger partial charge in [-0.3, -0.25) is 0 Å². The summed E-state index contributed by atoms with van der Waals surface area (Å²) in [5, 5.41) is 2.47. The fraction of sp³-hybridized carbons (Fsp3) is 0.0286. The van der Waals surface area contributed by atoms with Gasteiger partial charge >= 0.3 is 0 Å². The van der Waals surface area contributed by atoms with Crippen molar-refractivity contribution in [3.05, 3.63) is 145 Å². The number of nitrogens with zero attached hydrogens (tertiary/aromatic N) is 2. The molecule has 2 heterocycles. The van der Waals surface area contributed by atoms with Crippen LogP contribution >= 0.6 is 0 Å². The lowest BCUT2D eigenvalue weighted by atomic mass is 10.1. The van der Waals surface area contributed by atoms with E-state index in [0.29, 0.717) is 0 Å². The molecule has 0 radical (unpaired) electrons. The largest absolute Gasteiger partial charge is 0.309 e. The number of fused-ring (bicyclic) bond motifs is 2. The van der Waals surface area contributed by atoms with E-state index in [1.54, 1.807) is 0 Å². The third-order valence-corrected chi connectivity index (χ3v) is 7.12. The summed E-state index contributed by atoms with van der Waals surface area (Å²) in [6, 6.07) is 50.1. The van der Waals surface area contributed by atoms with Crippen molar-refractivity contribution in [2.75, 3.05) is 0 Å². The summed E-state index contributed by atoms with van der Waals surface area (Å²) in [5.41, 5.74) is 10.8. The highest BCUT2D eigenvalue weighted by atomic mass is 15.0. The summed E-state index contributed by atoms with van der Waals surface area (Å²) in [6.45, 7) is 2.19. The Bertz CT molecular complexity index is 1740. The van der Waals surface area contributed by atoms with Gasteiger partial charge in [0.2, 0.25) is 0 Å². The van der Waals surface area contributed by atoms with Crippen LogP contribution in [-0.4, -0.2) is 9.13 Å². The quantitative estimate of drug-likeness (QED) is 0.241. The fourth-order valence-corrected chi connectivity index (χ4v) is 5.51. The third kappa shape index (κ3) is 3.66. The Morgan fingerprint density at radius 2 is 0.811 bits per heavy atom. The van der Waals surface area contributed by atoms with E-state index >= 15 is 0 Å². The van der Waals surface area contributed by atoms with Crippen LogP contribution in [0, 0.1) is 6.92 Å². The van der Waals surface area contributed by atoms with Crippen molar-refractivity contribution in [2.24, 2.45) is 0 Å². The van der Waals surface area contributed by atoms with Crippen molar-refractivity contribution in [1.29, 1.82) is 0 Å². The minimum atomic E-state index is 1.16. The van der Waals surface area contributed by atoms with Crippen molar-refractivity contribution in [1.82, 2.24) is 9.13 Å². The Kier molecular flexibility index (Phi) is 5.04. The minimum Gasteiger partial charge on any atom is -0.309 e. The molecule has 0 aliphatic carbocycles. The van der Waals surface area contributed by atoms with Gasteiger partial charge in [-0.2, -0.15) is 0 Å². The van der Waals surface area contributed by atoms with Gasteiger partial charge in [-0.05, 0) is 66.1 Å². The molecule has 0 saturated heterocycles. The van der Waals surface area contributed by atoms with Gasteiger partial charge in [0.1, 0.15) is 0 Å². The molecule has 7 rings (SSSR count). The van der Waals surface area contributed by atoms with Crippen molar-refractivity contribution in [3.63, 3.8) is 0 Å². The molecule has 0 fully saturated rings. The highest BCUT2D eigenvalue weighted by Crippen LogP contribution is 2.35. The van der Waals surface area contributed by atoms with Crippen LogP contribution in [0.3, 0.4) is 0 Å². The van der Waals surface area contributed by atoms with Gasteiger partial charge in [0, 0.05) is 22.1 Å². The predicted molar refractivity (Wildman–Crippen MR) is 156 cm³/mol. The van der Waals surface area contributed by atoms with Crippen molar-refractivity contribution in [3.8, 4) is 33.9 Å². The Labute approximate surface area is 216 Å². The molecule has 2 nitrogen and oxygen atoms in total. The summed E-state index contributed by atoms with van der Waals surface area (Å²) < 4.78 is 4.80. The number of aromatic nitrogens is 2. The average Bonchev–Trinajstić information content (AvgIpc) is 3.53. The highest BCUT2D eigenvalue weighted by molar-refractivity contribution is 5.91. The lowest BCUT2D eigenvalue weighted by Crippen LogP contribution is -2.02. The summed E-state index contributed by atoms with van der Waals surface area (Å²) in [4.78, 5) is 0. The van der Waals surface area contributed by atoms with Gasteiger partial charge in [-0.15, -0.1) is 0 Å². The van der Waals surface area contributed by atoms with Gasteiger partial charge in [0.05, 0.1) is 22.4 Å². The van der Waals surface area contributed by atoms with Crippen molar-refractivity contribution in [2.45, 2.75) is 6.92 Å². The second kappa shape index (κ2) is 8.69. The van der Waals surface area contributed by atoms with E-state index in [4.69, 9.17) is 0 Å². The first-order valence-electron chi connectivity index (χ1n) is 12.7. The molecule has 2 aromatic heterocycles. The number of hydrogen-bond donors (Lipinski definition) is 0. The normalized spacial score (nSPS) is 11.4. The highest BCUT2D eigenvalue weighted by Gasteiger charge is 2.16. The maximum Gasteiger partial charge on any atom is 0.0541 e. The van der Waals surface area contributed by atoms with E-state index in [2.05, 4.69) is 156 Å². The van der Waals surface area contributed by atoms with Crippen LogP contribution in [0.5, 0.6) is 0 Å². The van der Waals surface area contributed by atoms with E-state index in [1.165, 1.54) is 49.9 Å². The number of para-hydroxylation sites is 2. The molecule has 0 bridgehead atoms. The fourth-order valence-electron chi connectivity index (χ4n) is 5.51. The Morgan fingerprint density at radius 3 is 1.27 bits per heavy atom. The van der Waals surface area contributed by atoms with Crippen LogP contribution in [0.2, 0.25) is 0 Å². The zero-order chi connectivity index (χ0) is 24.8. The van der Waals surface area contributed by atoms with E-state index in [1.807, 2.05) is 0 Å². The maximum atomic E-state index is 2.40. The second-order valence-electron chi connectivity index (χ2n) is 9.61. The summed E-state index contributed by atoms with van der Waals surface area (Å²) in [6.07, 6.45) is 0. The number of aryl methyl sites for hydroxylation is 1. The van der Waals surface area contributed by atoms with Crippen LogP contribution in [-0.2, 0) is 0 Å². The van der Waals surface area contributed by atoms with E-state index in [9.17, 15) is 0 Å². The summed E-state index contributed by atoms with van der Waals surface area (Å²) >= 11 is 0. The molecule has 0 N–H and O–H groups in total. The van der Waals surface area contributed by atoms with Crippen molar-refractivity contribution >= 4 is 21.8 Å². The topological polar surface area (TPSA) is 9.86 Å². The van der Waals surface area contributed by atoms with E-state index in [0.717, 1.165) is 11.4 Å². The molecule has 0 unspecified atom stereocenters. The molecule has 5 aromatic carbocycles. The Hall–Kier alpha value is -4.82. The first-order chi connectivity index (χ1) is 18.3. The van der Waals surface area contributed by atoms with Crippen LogP contribution < -0.4 is 0 Å². The molecule has 0 spiro atoms. The van der Waals surface area contributed by atoms with Crippen molar-refractivity contribution < 1.29 is 0 Å². The number of benzene rings is 5. The first-order valence-corrected chi connectivity index (χ1v) is 12.7. The standard InChI is InChI=1S/C35H26N2/c1-25-20-30(36-32-18-10-8-16-28(32)22-34(36)26-12-4-2-5-13-26)24-31(21-25)37-33-19-11-9-17-29(33)23-35(37)27-14-6-3-7-15-27/h2-24H,1H3. The summed E-state index contributed by atoms with van der Waals surface area (Å²) in [7, 11) is 0. The molecular weight excluding hydrogens is 448 g/mol. The van der Waals surface area contributed by atoms with Gasteiger partial charge in [-0.1, -0.05) is 97.1 Å². The number of hydrogen-bond acceptors (Lipinski definition) is 0. The molecule has 2 heteroatoms. The molecule has 7 aromatic rings. The van der Waals surface area contributed by atoms with Crippen LogP contribution in [0.25, 0.3) is 55.7 Å². The zero-order valence-corrected chi connectivity index (χ0v) is 20.7. The molecule has 37 heavy (non-hydrogen) atoms. The van der Waals surface area contributed by atoms with Gasteiger partial charge in [0.25, 0.3) is 0 Å². The molecule has 0 atom stereocenters. The minimum absolute atomic E-state index is 1.16. The smallest absolute Gasteiger partial charge is 0.0541 e. The van der Waals surface area contributed by atoms with Gasteiger partial charge in [0.15, 0.2) is 0 Å². The first kappa shape index (κ1) is 21.5. The maximum absolute atomic E-state index is 2.40. The molecule has 176 valence electrons. The average molecular weight is 475 g/mol.